The lowest BCUT2D eigenvalue weighted by Crippen LogP contribution is -2.12. The average molecular weight is 369 g/mol. The summed E-state index contributed by atoms with van der Waals surface area (Å²) in [5.74, 6) is 0.237. The van der Waals surface area contributed by atoms with E-state index in [0.717, 1.165) is 21.9 Å². The third-order valence-corrected chi connectivity index (χ3v) is 4.59. The summed E-state index contributed by atoms with van der Waals surface area (Å²) in [7, 11) is 1.89. The Morgan fingerprint density at radius 1 is 1.00 bits per heavy atom. The highest BCUT2D eigenvalue weighted by Crippen LogP contribution is 2.25. The van der Waals surface area contributed by atoms with Gasteiger partial charge in [0.05, 0.1) is 6.20 Å². The molecule has 5 aromatic rings. The quantitative estimate of drug-likeness (QED) is 0.519. The van der Waals surface area contributed by atoms with Gasteiger partial charge < -0.3 is 9.73 Å². The van der Waals surface area contributed by atoms with Crippen LogP contribution >= 0.6 is 0 Å². The molecule has 0 aliphatic carbocycles. The number of amides is 1. The number of carbonyl (C=O) groups is 1. The summed E-state index contributed by atoms with van der Waals surface area (Å²) in [5, 5.41) is 9.04. The van der Waals surface area contributed by atoms with E-state index in [9.17, 15) is 4.79 Å². The zero-order valence-electron chi connectivity index (χ0n) is 15.0. The maximum atomic E-state index is 12.6. The van der Waals surface area contributed by atoms with Crippen LogP contribution in [0.1, 0.15) is 10.4 Å². The van der Waals surface area contributed by atoms with Gasteiger partial charge >= 0.3 is 0 Å². The smallest absolute Gasteiger partial charge is 0.256 e. The number of rotatable bonds is 3. The van der Waals surface area contributed by atoms with E-state index in [1.54, 1.807) is 29.1 Å². The fraction of sp³-hybridized carbons (Fsp3) is 0.0476. The van der Waals surface area contributed by atoms with Crippen LogP contribution in [-0.2, 0) is 7.05 Å². The third-order valence-electron chi connectivity index (χ3n) is 4.59. The first kappa shape index (κ1) is 16.2. The number of anilines is 1. The minimum atomic E-state index is -0.250. The Morgan fingerprint density at radius 2 is 1.93 bits per heavy atom. The molecule has 0 bridgehead atoms. The Kier molecular flexibility index (Phi) is 3.65. The predicted octanol–water partition coefficient (Wildman–Crippen LogP) is 4.03. The second-order valence-electron chi connectivity index (χ2n) is 6.52. The highest BCUT2D eigenvalue weighted by Gasteiger charge is 2.10. The van der Waals surface area contributed by atoms with Crippen LogP contribution in [0, 0.1) is 0 Å². The molecule has 7 nitrogen and oxygen atoms in total. The molecular weight excluding hydrogens is 354 g/mol. The van der Waals surface area contributed by atoms with E-state index < -0.39 is 0 Å². The van der Waals surface area contributed by atoms with E-state index in [2.05, 4.69) is 26.4 Å². The van der Waals surface area contributed by atoms with E-state index in [1.807, 2.05) is 37.6 Å². The molecule has 0 aliphatic heterocycles. The summed E-state index contributed by atoms with van der Waals surface area (Å²) in [5.41, 5.74) is 3.87. The number of nitrogens with zero attached hydrogens (tertiary/aromatic N) is 4. The van der Waals surface area contributed by atoms with Crippen molar-refractivity contribution in [1.29, 1.82) is 0 Å². The molecule has 28 heavy (non-hydrogen) atoms. The number of aryl methyl sites for hydroxylation is 1. The highest BCUT2D eigenvalue weighted by molar-refractivity contribution is 6.06. The van der Waals surface area contributed by atoms with Crippen molar-refractivity contribution in [2.24, 2.45) is 7.05 Å². The normalized spacial score (nSPS) is 11.2. The van der Waals surface area contributed by atoms with Crippen LogP contribution in [-0.4, -0.2) is 25.7 Å². The average Bonchev–Trinajstić information content (AvgIpc) is 3.35. The number of hydrogen-bond donors (Lipinski definition) is 1. The van der Waals surface area contributed by atoms with E-state index >= 15 is 0 Å². The van der Waals surface area contributed by atoms with Gasteiger partial charge in [0.1, 0.15) is 11.3 Å². The van der Waals surface area contributed by atoms with Gasteiger partial charge in [-0.2, -0.15) is 5.10 Å². The molecule has 0 radical (unpaired) electrons. The molecule has 1 amide bonds. The second kappa shape index (κ2) is 6.31. The molecule has 7 heteroatoms. The molecule has 0 atom stereocenters. The van der Waals surface area contributed by atoms with E-state index in [1.165, 1.54) is 6.39 Å². The second-order valence-corrected chi connectivity index (χ2v) is 6.52. The number of benzene rings is 2. The van der Waals surface area contributed by atoms with Gasteiger partial charge in [0.25, 0.3) is 5.91 Å². The number of aromatic nitrogens is 4. The fourth-order valence-corrected chi connectivity index (χ4v) is 3.15. The topological polar surface area (TPSA) is 85.8 Å². The van der Waals surface area contributed by atoms with Crippen LogP contribution in [0.4, 0.5) is 5.82 Å². The Bertz CT molecular complexity index is 1340. The van der Waals surface area contributed by atoms with Crippen molar-refractivity contribution < 1.29 is 9.21 Å². The molecule has 5 rings (SSSR count). The largest absolute Gasteiger partial charge is 0.443 e. The molecular formula is C21H15N5O2. The molecule has 3 aromatic heterocycles. The van der Waals surface area contributed by atoms with Gasteiger partial charge in [0.2, 0.25) is 0 Å². The summed E-state index contributed by atoms with van der Waals surface area (Å²) in [6.45, 7) is 0. The summed E-state index contributed by atoms with van der Waals surface area (Å²) in [6.07, 6.45) is 6.89. The summed E-state index contributed by atoms with van der Waals surface area (Å²) < 4.78 is 6.97. The van der Waals surface area contributed by atoms with Crippen LogP contribution in [0.2, 0.25) is 0 Å². The van der Waals surface area contributed by atoms with Crippen molar-refractivity contribution in [3.63, 3.8) is 0 Å². The minimum Gasteiger partial charge on any atom is -0.443 e. The summed E-state index contributed by atoms with van der Waals surface area (Å²) in [6, 6.07) is 13.1. The lowest BCUT2D eigenvalue weighted by atomic mass is 10.1. The van der Waals surface area contributed by atoms with Crippen molar-refractivity contribution in [2.45, 2.75) is 0 Å². The standard InChI is InChI=1S/C21H15N5O2/c1-26-11-17(10-24-26)13-2-3-15-9-22-20(8-16(15)6-13)25-21(27)14-4-5-19-18(7-14)23-12-28-19/h2-12H,1H3,(H,22,25,27). The van der Waals surface area contributed by atoms with Gasteiger partial charge in [-0.05, 0) is 41.3 Å². The van der Waals surface area contributed by atoms with Gasteiger partial charge in [-0.1, -0.05) is 12.1 Å². The van der Waals surface area contributed by atoms with Crippen LogP contribution in [0.25, 0.3) is 33.0 Å². The summed E-state index contributed by atoms with van der Waals surface area (Å²) >= 11 is 0. The summed E-state index contributed by atoms with van der Waals surface area (Å²) in [4.78, 5) is 21.0. The monoisotopic (exact) mass is 369 g/mol. The Balaban J connectivity index is 1.45. The number of oxazole rings is 1. The molecule has 1 N–H and O–H groups in total. The van der Waals surface area contributed by atoms with Crippen molar-refractivity contribution in [1.82, 2.24) is 19.7 Å². The molecule has 0 fully saturated rings. The molecule has 0 saturated carbocycles. The molecule has 136 valence electrons. The minimum absolute atomic E-state index is 0.250. The molecule has 3 heterocycles. The van der Waals surface area contributed by atoms with E-state index in [0.29, 0.717) is 22.5 Å². The third kappa shape index (κ3) is 2.88. The Labute approximate surface area is 159 Å². The van der Waals surface area contributed by atoms with E-state index in [-0.39, 0.29) is 5.91 Å². The Hall–Kier alpha value is -4.00. The maximum absolute atomic E-state index is 12.6. The van der Waals surface area contributed by atoms with Crippen molar-refractivity contribution in [2.75, 3.05) is 5.32 Å². The van der Waals surface area contributed by atoms with Gasteiger partial charge in [-0.25, -0.2) is 9.97 Å². The first-order valence-electron chi connectivity index (χ1n) is 8.69. The number of carbonyl (C=O) groups excluding carboxylic acids is 1. The van der Waals surface area contributed by atoms with Crippen molar-refractivity contribution >= 4 is 33.6 Å². The predicted molar refractivity (Wildman–Crippen MR) is 106 cm³/mol. The van der Waals surface area contributed by atoms with Crippen LogP contribution < -0.4 is 5.32 Å². The molecule has 0 spiro atoms. The van der Waals surface area contributed by atoms with Crippen LogP contribution in [0.3, 0.4) is 0 Å². The number of fused-ring (bicyclic) bond motifs is 2. The molecule has 0 unspecified atom stereocenters. The number of pyridine rings is 1. The Morgan fingerprint density at radius 3 is 2.79 bits per heavy atom. The fourth-order valence-electron chi connectivity index (χ4n) is 3.15. The lowest BCUT2D eigenvalue weighted by Gasteiger charge is -2.07. The van der Waals surface area contributed by atoms with Gasteiger partial charge in [-0.15, -0.1) is 0 Å². The van der Waals surface area contributed by atoms with Gasteiger partial charge in [-0.3, -0.25) is 9.48 Å². The number of hydrogen-bond acceptors (Lipinski definition) is 5. The van der Waals surface area contributed by atoms with E-state index in [4.69, 9.17) is 4.42 Å². The zero-order chi connectivity index (χ0) is 19.1. The van der Waals surface area contributed by atoms with Crippen molar-refractivity contribution in [3.8, 4) is 11.1 Å². The maximum Gasteiger partial charge on any atom is 0.256 e. The van der Waals surface area contributed by atoms with Crippen LogP contribution in [0.5, 0.6) is 0 Å². The molecule has 0 aliphatic rings. The van der Waals surface area contributed by atoms with Crippen LogP contribution in [0.15, 0.2) is 71.9 Å². The SMILES string of the molecule is Cn1cc(-c2ccc3cnc(NC(=O)c4ccc5ocnc5c4)cc3c2)cn1. The highest BCUT2D eigenvalue weighted by atomic mass is 16.3. The first-order valence-corrected chi connectivity index (χ1v) is 8.69. The molecule has 2 aromatic carbocycles. The first-order chi connectivity index (χ1) is 13.7. The number of nitrogens with one attached hydrogen (secondary N) is 1. The van der Waals surface area contributed by atoms with Gasteiger partial charge in [0.15, 0.2) is 12.0 Å². The lowest BCUT2D eigenvalue weighted by molar-refractivity contribution is 0.102. The van der Waals surface area contributed by atoms with Gasteiger partial charge in [0, 0.05) is 36.0 Å². The zero-order valence-corrected chi connectivity index (χ0v) is 15.0. The molecule has 0 saturated heterocycles. The van der Waals surface area contributed by atoms with Crippen molar-refractivity contribution in [3.05, 3.63) is 73.0 Å².